The van der Waals surface area contributed by atoms with Gasteiger partial charge in [-0.25, -0.2) is 0 Å². The minimum Gasteiger partial charge on any atom is -0.367 e. The highest BCUT2D eigenvalue weighted by atomic mass is 32.1. The first-order chi connectivity index (χ1) is 5.75. The molecule has 1 aromatic heterocycles. The molecule has 0 bridgehead atoms. The molecule has 0 aromatic carbocycles. The first-order valence-corrected chi connectivity index (χ1v) is 4.87. The fourth-order valence-corrected chi connectivity index (χ4v) is 2.10. The van der Waals surface area contributed by atoms with E-state index in [0.717, 1.165) is 24.1 Å². The lowest BCUT2D eigenvalue weighted by Gasteiger charge is -2.12. The van der Waals surface area contributed by atoms with Crippen molar-refractivity contribution in [2.75, 3.05) is 23.7 Å². The molecule has 12 heavy (non-hydrogen) atoms. The van der Waals surface area contributed by atoms with Crippen LogP contribution in [-0.2, 0) is 0 Å². The molecule has 1 fully saturated rings. The van der Waals surface area contributed by atoms with Crippen LogP contribution in [0.4, 0.5) is 11.1 Å². The van der Waals surface area contributed by atoms with E-state index in [1.807, 2.05) is 0 Å². The molecule has 1 atom stereocenters. The first kappa shape index (κ1) is 7.79. The zero-order valence-electron chi connectivity index (χ0n) is 7.03. The smallest absolute Gasteiger partial charge is 0.233 e. The van der Waals surface area contributed by atoms with Gasteiger partial charge in [0.2, 0.25) is 11.1 Å². The number of nitrogen functional groups attached to an aromatic ring is 1. The first-order valence-electron chi connectivity index (χ1n) is 4.10. The molecular formula is C7H12N4S. The normalized spacial score (nSPS) is 23.4. The molecule has 1 saturated heterocycles. The third kappa shape index (κ3) is 1.36. The molecule has 2 N–H and O–H groups in total. The third-order valence-corrected chi connectivity index (χ3v) is 2.92. The van der Waals surface area contributed by atoms with Crippen LogP contribution in [0.3, 0.4) is 0 Å². The van der Waals surface area contributed by atoms with E-state index in [9.17, 15) is 0 Å². The second-order valence-electron chi connectivity index (χ2n) is 3.28. The van der Waals surface area contributed by atoms with Gasteiger partial charge in [0, 0.05) is 24.6 Å². The van der Waals surface area contributed by atoms with Gasteiger partial charge in [0.15, 0.2) is 0 Å². The molecule has 0 amide bonds. The predicted molar refractivity (Wildman–Crippen MR) is 50.3 cm³/mol. The van der Waals surface area contributed by atoms with Crippen molar-refractivity contribution in [1.29, 1.82) is 0 Å². The maximum atomic E-state index is 5.44. The zero-order chi connectivity index (χ0) is 8.55. The highest BCUT2D eigenvalue weighted by Gasteiger charge is 2.21. The molecule has 0 aliphatic carbocycles. The summed E-state index contributed by atoms with van der Waals surface area (Å²) < 4.78 is 3.95. The molecule has 1 unspecified atom stereocenters. The number of anilines is 2. The minimum absolute atomic E-state index is 0.398. The van der Waals surface area contributed by atoms with E-state index in [-0.39, 0.29) is 0 Å². The number of nitrogens with two attached hydrogens (primary N) is 1. The van der Waals surface area contributed by atoms with Crippen molar-refractivity contribution in [3.63, 3.8) is 0 Å². The van der Waals surface area contributed by atoms with E-state index in [2.05, 4.69) is 21.2 Å². The number of nitrogens with zero attached hydrogens (tertiary/aromatic N) is 3. The quantitative estimate of drug-likeness (QED) is 0.706. The monoisotopic (exact) mass is 184 g/mol. The summed E-state index contributed by atoms with van der Waals surface area (Å²) in [6, 6.07) is 0. The largest absolute Gasteiger partial charge is 0.367 e. The lowest BCUT2D eigenvalue weighted by atomic mass is 10.2. The molecule has 1 aliphatic heterocycles. The summed E-state index contributed by atoms with van der Waals surface area (Å²) in [5.74, 6) is 1.17. The molecule has 0 spiro atoms. The van der Waals surface area contributed by atoms with Gasteiger partial charge in [-0.3, -0.25) is 0 Å². The van der Waals surface area contributed by atoms with Crippen molar-refractivity contribution in [2.24, 2.45) is 5.92 Å². The van der Waals surface area contributed by atoms with E-state index in [1.54, 1.807) is 0 Å². The molecule has 1 aliphatic rings. The second-order valence-corrected chi connectivity index (χ2v) is 4.01. The van der Waals surface area contributed by atoms with Gasteiger partial charge < -0.3 is 10.6 Å². The Hall–Kier alpha value is -0.840. The Morgan fingerprint density at radius 1 is 1.67 bits per heavy atom. The average molecular weight is 184 g/mol. The van der Waals surface area contributed by atoms with Crippen LogP contribution in [0.1, 0.15) is 13.3 Å². The summed E-state index contributed by atoms with van der Waals surface area (Å²) >= 11 is 1.39. The highest BCUT2D eigenvalue weighted by molar-refractivity contribution is 7.09. The van der Waals surface area contributed by atoms with Gasteiger partial charge in [0.1, 0.15) is 0 Å². The number of hydrogen-bond acceptors (Lipinski definition) is 5. The van der Waals surface area contributed by atoms with Crippen molar-refractivity contribution in [2.45, 2.75) is 13.3 Å². The molecule has 2 rings (SSSR count). The Morgan fingerprint density at radius 2 is 2.50 bits per heavy atom. The number of rotatable bonds is 1. The maximum Gasteiger partial charge on any atom is 0.233 e. The summed E-state index contributed by atoms with van der Waals surface area (Å²) in [4.78, 5) is 6.39. The van der Waals surface area contributed by atoms with Crippen LogP contribution in [0.2, 0.25) is 0 Å². The Morgan fingerprint density at radius 3 is 3.00 bits per heavy atom. The molecule has 5 heteroatoms. The van der Waals surface area contributed by atoms with Gasteiger partial charge in [-0.1, -0.05) is 6.92 Å². The van der Waals surface area contributed by atoms with Gasteiger partial charge in [0.25, 0.3) is 0 Å². The van der Waals surface area contributed by atoms with Gasteiger partial charge in [-0.2, -0.15) is 9.36 Å². The standard InChI is InChI=1S/C7H12N4S/c1-5-2-3-11(4-5)7-9-6(8)10-12-7/h5H,2-4H2,1H3,(H2,8,10). The van der Waals surface area contributed by atoms with E-state index >= 15 is 0 Å². The van der Waals surface area contributed by atoms with E-state index < -0.39 is 0 Å². The Kier molecular flexibility index (Phi) is 1.88. The Bertz CT molecular complexity index is 272. The molecule has 0 saturated carbocycles. The number of hydrogen-bond donors (Lipinski definition) is 1. The molecule has 1 aromatic rings. The average Bonchev–Trinajstić information content (AvgIpc) is 2.58. The minimum atomic E-state index is 0.398. The summed E-state index contributed by atoms with van der Waals surface area (Å²) in [6.07, 6.45) is 1.25. The SMILES string of the molecule is CC1CCN(c2nc(N)ns2)C1. The van der Waals surface area contributed by atoms with Crippen LogP contribution in [-0.4, -0.2) is 22.4 Å². The molecule has 0 radical (unpaired) electrons. The van der Waals surface area contributed by atoms with E-state index in [0.29, 0.717) is 5.95 Å². The van der Waals surface area contributed by atoms with Crippen molar-refractivity contribution in [3.05, 3.63) is 0 Å². The Labute approximate surface area is 75.6 Å². The molecule has 2 heterocycles. The number of aromatic nitrogens is 2. The van der Waals surface area contributed by atoms with Crippen LogP contribution in [0, 0.1) is 5.92 Å². The summed E-state index contributed by atoms with van der Waals surface area (Å²) in [7, 11) is 0. The highest BCUT2D eigenvalue weighted by Crippen LogP contribution is 2.25. The lowest BCUT2D eigenvalue weighted by molar-refractivity contribution is 0.659. The van der Waals surface area contributed by atoms with Crippen LogP contribution >= 0.6 is 11.5 Å². The van der Waals surface area contributed by atoms with Crippen LogP contribution < -0.4 is 10.6 Å². The fourth-order valence-electron chi connectivity index (χ4n) is 1.46. The van der Waals surface area contributed by atoms with Crippen molar-refractivity contribution in [3.8, 4) is 0 Å². The van der Waals surface area contributed by atoms with Gasteiger partial charge in [-0.15, -0.1) is 0 Å². The summed E-state index contributed by atoms with van der Waals surface area (Å²) in [5.41, 5.74) is 5.44. The summed E-state index contributed by atoms with van der Waals surface area (Å²) in [5, 5.41) is 0.969. The zero-order valence-corrected chi connectivity index (χ0v) is 7.84. The molecular weight excluding hydrogens is 172 g/mol. The van der Waals surface area contributed by atoms with Crippen molar-refractivity contribution in [1.82, 2.24) is 9.36 Å². The van der Waals surface area contributed by atoms with Gasteiger partial charge in [0.05, 0.1) is 0 Å². The summed E-state index contributed by atoms with van der Waals surface area (Å²) in [6.45, 7) is 4.44. The third-order valence-electron chi connectivity index (χ3n) is 2.13. The Balaban J connectivity index is 2.11. The fraction of sp³-hybridized carbons (Fsp3) is 0.714. The van der Waals surface area contributed by atoms with Gasteiger partial charge in [-0.05, 0) is 12.3 Å². The molecule has 4 nitrogen and oxygen atoms in total. The van der Waals surface area contributed by atoms with E-state index in [4.69, 9.17) is 5.73 Å². The van der Waals surface area contributed by atoms with Crippen LogP contribution in [0.25, 0.3) is 0 Å². The second kappa shape index (κ2) is 2.90. The van der Waals surface area contributed by atoms with E-state index in [1.165, 1.54) is 18.0 Å². The topological polar surface area (TPSA) is 55.0 Å². The maximum absolute atomic E-state index is 5.44. The lowest BCUT2D eigenvalue weighted by Crippen LogP contribution is -2.18. The van der Waals surface area contributed by atoms with Crippen molar-refractivity contribution >= 4 is 22.6 Å². The predicted octanol–water partition coefficient (Wildman–Crippen LogP) is 0.966. The van der Waals surface area contributed by atoms with Gasteiger partial charge >= 0.3 is 0 Å². The van der Waals surface area contributed by atoms with Crippen molar-refractivity contribution < 1.29 is 0 Å². The molecule has 66 valence electrons. The van der Waals surface area contributed by atoms with Crippen LogP contribution in [0.15, 0.2) is 0 Å². The van der Waals surface area contributed by atoms with Crippen LogP contribution in [0.5, 0.6) is 0 Å².